The van der Waals surface area contributed by atoms with Crippen LogP contribution in [-0.2, 0) is 0 Å². The zero-order valence-electron chi connectivity index (χ0n) is 13.2. The van der Waals surface area contributed by atoms with E-state index in [2.05, 4.69) is 0 Å². The third kappa shape index (κ3) is 3.10. The number of halogens is 1. The van der Waals surface area contributed by atoms with E-state index < -0.39 is 0 Å². The summed E-state index contributed by atoms with van der Waals surface area (Å²) in [6.45, 7) is 5.72. The average molecular weight is 329 g/mol. The Morgan fingerprint density at radius 2 is 1.78 bits per heavy atom. The van der Waals surface area contributed by atoms with Crippen LogP contribution < -0.4 is 10.2 Å². The SMILES string of the molecule is Cc1ccc2c(=O)c(OC(C)C)c(-c3ccc(Cl)cc3)oc2c1. The first-order valence-corrected chi connectivity index (χ1v) is 7.83. The van der Waals surface area contributed by atoms with Crippen molar-refractivity contribution in [2.75, 3.05) is 0 Å². The van der Waals surface area contributed by atoms with Crippen molar-refractivity contribution in [2.24, 2.45) is 0 Å². The molecule has 23 heavy (non-hydrogen) atoms. The predicted molar refractivity (Wildman–Crippen MR) is 93.4 cm³/mol. The van der Waals surface area contributed by atoms with Crippen LogP contribution in [0.15, 0.2) is 51.7 Å². The van der Waals surface area contributed by atoms with Crippen molar-refractivity contribution in [3.05, 3.63) is 63.3 Å². The summed E-state index contributed by atoms with van der Waals surface area (Å²) in [5.41, 5.74) is 2.17. The Hall–Kier alpha value is -2.26. The Morgan fingerprint density at radius 1 is 1.09 bits per heavy atom. The van der Waals surface area contributed by atoms with Crippen LogP contribution >= 0.6 is 11.6 Å². The second-order valence-corrected chi connectivity index (χ2v) is 6.20. The lowest BCUT2D eigenvalue weighted by molar-refractivity contribution is 0.236. The van der Waals surface area contributed by atoms with Crippen LogP contribution in [0.5, 0.6) is 5.75 Å². The molecule has 0 spiro atoms. The largest absolute Gasteiger partial charge is 0.484 e. The van der Waals surface area contributed by atoms with E-state index in [0.29, 0.717) is 21.8 Å². The molecule has 3 nitrogen and oxygen atoms in total. The van der Waals surface area contributed by atoms with Crippen LogP contribution in [0.1, 0.15) is 19.4 Å². The molecule has 2 aromatic carbocycles. The molecule has 0 aliphatic carbocycles. The quantitative estimate of drug-likeness (QED) is 0.662. The van der Waals surface area contributed by atoms with Gasteiger partial charge < -0.3 is 9.15 Å². The molecular weight excluding hydrogens is 312 g/mol. The van der Waals surface area contributed by atoms with Gasteiger partial charge in [0.1, 0.15) is 5.58 Å². The fourth-order valence-corrected chi connectivity index (χ4v) is 2.54. The molecule has 1 aromatic heterocycles. The molecule has 0 unspecified atom stereocenters. The lowest BCUT2D eigenvalue weighted by Gasteiger charge is -2.14. The summed E-state index contributed by atoms with van der Waals surface area (Å²) in [5.74, 6) is 0.664. The highest BCUT2D eigenvalue weighted by Gasteiger charge is 2.18. The van der Waals surface area contributed by atoms with Gasteiger partial charge in [0.25, 0.3) is 0 Å². The van der Waals surface area contributed by atoms with Crippen LogP contribution in [0.4, 0.5) is 0 Å². The number of hydrogen-bond acceptors (Lipinski definition) is 3. The summed E-state index contributed by atoms with van der Waals surface area (Å²) >= 11 is 5.95. The molecule has 3 rings (SSSR count). The van der Waals surface area contributed by atoms with E-state index in [0.717, 1.165) is 11.1 Å². The van der Waals surface area contributed by atoms with Crippen LogP contribution in [0.3, 0.4) is 0 Å². The fraction of sp³-hybridized carbons (Fsp3) is 0.211. The molecule has 118 valence electrons. The molecule has 0 fully saturated rings. The number of ether oxygens (including phenoxy) is 1. The molecule has 4 heteroatoms. The highest BCUT2D eigenvalue weighted by Crippen LogP contribution is 2.32. The third-order valence-electron chi connectivity index (χ3n) is 3.47. The minimum Gasteiger partial charge on any atom is -0.484 e. The van der Waals surface area contributed by atoms with Gasteiger partial charge in [0.2, 0.25) is 11.2 Å². The van der Waals surface area contributed by atoms with Crippen molar-refractivity contribution < 1.29 is 9.15 Å². The molecule has 0 aliphatic heterocycles. The van der Waals surface area contributed by atoms with Crippen molar-refractivity contribution in [1.29, 1.82) is 0 Å². The predicted octanol–water partition coefficient (Wildman–Crippen LogP) is 5.21. The monoisotopic (exact) mass is 328 g/mol. The first-order chi connectivity index (χ1) is 11.0. The number of hydrogen-bond donors (Lipinski definition) is 0. The Kier molecular flexibility index (Phi) is 4.14. The van der Waals surface area contributed by atoms with Gasteiger partial charge in [-0.25, -0.2) is 0 Å². The van der Waals surface area contributed by atoms with E-state index in [4.69, 9.17) is 20.8 Å². The summed E-state index contributed by atoms with van der Waals surface area (Å²) in [6.07, 6.45) is -0.133. The summed E-state index contributed by atoms with van der Waals surface area (Å²) < 4.78 is 11.8. The highest BCUT2D eigenvalue weighted by atomic mass is 35.5. The molecule has 0 saturated carbocycles. The van der Waals surface area contributed by atoms with E-state index in [1.807, 2.05) is 45.0 Å². The van der Waals surface area contributed by atoms with Gasteiger partial charge in [-0.3, -0.25) is 4.79 Å². The van der Waals surface area contributed by atoms with E-state index in [9.17, 15) is 4.79 Å². The van der Waals surface area contributed by atoms with Gasteiger partial charge in [-0.2, -0.15) is 0 Å². The zero-order valence-corrected chi connectivity index (χ0v) is 14.0. The average Bonchev–Trinajstić information content (AvgIpc) is 2.50. The maximum atomic E-state index is 12.8. The smallest absolute Gasteiger partial charge is 0.235 e. The maximum absolute atomic E-state index is 12.8. The van der Waals surface area contributed by atoms with Gasteiger partial charge in [-0.1, -0.05) is 17.7 Å². The van der Waals surface area contributed by atoms with Crippen LogP contribution in [0.25, 0.3) is 22.3 Å². The molecule has 0 saturated heterocycles. The normalized spacial score (nSPS) is 11.2. The lowest BCUT2D eigenvalue weighted by Crippen LogP contribution is -2.15. The van der Waals surface area contributed by atoms with Gasteiger partial charge in [0, 0.05) is 10.6 Å². The minimum absolute atomic E-state index is 0.133. The van der Waals surface area contributed by atoms with Gasteiger partial charge in [0.05, 0.1) is 11.5 Å². The van der Waals surface area contributed by atoms with Gasteiger partial charge in [0.15, 0.2) is 5.76 Å². The summed E-state index contributed by atoms with van der Waals surface area (Å²) in [5, 5.41) is 1.14. The molecule has 0 amide bonds. The van der Waals surface area contributed by atoms with Crippen LogP contribution in [0.2, 0.25) is 5.02 Å². The Morgan fingerprint density at radius 3 is 2.43 bits per heavy atom. The zero-order chi connectivity index (χ0) is 16.6. The number of aryl methyl sites for hydroxylation is 1. The summed E-state index contributed by atoms with van der Waals surface area (Å²) in [4.78, 5) is 12.8. The first kappa shape index (κ1) is 15.6. The van der Waals surface area contributed by atoms with Crippen molar-refractivity contribution >= 4 is 22.6 Å². The second-order valence-electron chi connectivity index (χ2n) is 5.76. The van der Waals surface area contributed by atoms with Gasteiger partial charge >= 0.3 is 0 Å². The Balaban J connectivity index is 2.32. The molecule has 0 N–H and O–H groups in total. The van der Waals surface area contributed by atoms with Crippen molar-refractivity contribution in [1.82, 2.24) is 0 Å². The van der Waals surface area contributed by atoms with E-state index >= 15 is 0 Å². The van der Waals surface area contributed by atoms with E-state index in [-0.39, 0.29) is 17.3 Å². The van der Waals surface area contributed by atoms with Crippen molar-refractivity contribution in [2.45, 2.75) is 26.9 Å². The molecule has 0 bridgehead atoms. The fourth-order valence-electron chi connectivity index (χ4n) is 2.42. The van der Waals surface area contributed by atoms with Crippen LogP contribution in [0, 0.1) is 6.92 Å². The standard InChI is InChI=1S/C19H17ClO3/c1-11(2)22-19-17(21)15-9-4-12(3)10-16(15)23-18(19)13-5-7-14(20)8-6-13/h4-11H,1-3H3. The topological polar surface area (TPSA) is 39.4 Å². The summed E-state index contributed by atoms with van der Waals surface area (Å²) in [7, 11) is 0. The van der Waals surface area contributed by atoms with Gasteiger partial charge in [-0.15, -0.1) is 0 Å². The Labute approximate surface area is 139 Å². The van der Waals surface area contributed by atoms with E-state index in [1.165, 1.54) is 0 Å². The maximum Gasteiger partial charge on any atom is 0.235 e. The second kappa shape index (κ2) is 6.09. The van der Waals surface area contributed by atoms with Crippen molar-refractivity contribution in [3.63, 3.8) is 0 Å². The molecule has 3 aromatic rings. The summed E-state index contributed by atoms with van der Waals surface area (Å²) in [6, 6.07) is 12.7. The molecular formula is C19H17ClO3. The number of rotatable bonds is 3. The molecule has 0 radical (unpaired) electrons. The first-order valence-electron chi connectivity index (χ1n) is 7.46. The Bertz CT molecular complexity index is 908. The lowest BCUT2D eigenvalue weighted by atomic mass is 10.1. The molecule has 0 aliphatic rings. The van der Waals surface area contributed by atoms with Crippen molar-refractivity contribution in [3.8, 4) is 17.1 Å². The third-order valence-corrected chi connectivity index (χ3v) is 3.72. The molecule has 0 atom stereocenters. The molecule has 1 heterocycles. The van der Waals surface area contributed by atoms with Gasteiger partial charge in [-0.05, 0) is 62.7 Å². The minimum atomic E-state index is -0.162. The van der Waals surface area contributed by atoms with E-state index in [1.54, 1.807) is 18.2 Å². The number of benzene rings is 2. The number of fused-ring (bicyclic) bond motifs is 1. The van der Waals surface area contributed by atoms with Crippen LogP contribution in [-0.4, -0.2) is 6.10 Å². The highest BCUT2D eigenvalue weighted by molar-refractivity contribution is 6.30.